The summed E-state index contributed by atoms with van der Waals surface area (Å²) in [6.07, 6.45) is 0.219. The summed E-state index contributed by atoms with van der Waals surface area (Å²) in [6, 6.07) is 4.14. The average Bonchev–Trinajstić information content (AvgIpc) is 2.63. The molecule has 0 spiro atoms. The van der Waals surface area contributed by atoms with Crippen LogP contribution < -0.4 is 11.1 Å². The second-order valence-corrected chi connectivity index (χ2v) is 5.46. The first-order chi connectivity index (χ1) is 9.88. The van der Waals surface area contributed by atoms with Gasteiger partial charge in [0.1, 0.15) is 0 Å². The summed E-state index contributed by atoms with van der Waals surface area (Å²) in [5, 5.41) is 2.77. The van der Waals surface area contributed by atoms with Crippen molar-refractivity contribution in [2.75, 3.05) is 0 Å². The Morgan fingerprint density at radius 1 is 1.19 bits per heavy atom. The van der Waals surface area contributed by atoms with Crippen molar-refractivity contribution in [1.29, 1.82) is 0 Å². The highest BCUT2D eigenvalue weighted by Gasteiger charge is 2.31. The van der Waals surface area contributed by atoms with E-state index >= 15 is 0 Å². The van der Waals surface area contributed by atoms with Crippen molar-refractivity contribution in [3.63, 3.8) is 0 Å². The fraction of sp³-hybridized carbons (Fsp3) is 0.533. The Labute approximate surface area is 121 Å². The van der Waals surface area contributed by atoms with Gasteiger partial charge in [-0.3, -0.25) is 4.79 Å². The van der Waals surface area contributed by atoms with Gasteiger partial charge < -0.3 is 11.1 Å². The normalized spacial score (nSPS) is 23.4. The molecule has 2 unspecified atom stereocenters. The van der Waals surface area contributed by atoms with E-state index in [-0.39, 0.29) is 17.6 Å². The zero-order valence-corrected chi connectivity index (χ0v) is 11.6. The number of hydrogen-bond acceptors (Lipinski definition) is 2. The monoisotopic (exact) mass is 300 g/mol. The topological polar surface area (TPSA) is 55.1 Å². The molecule has 0 heterocycles. The minimum atomic E-state index is -4.45. The quantitative estimate of drug-likeness (QED) is 0.825. The SMILES string of the molecule is NC1CCCCCC1NC(=O)c1cccc(C(F)(F)F)c1. The second kappa shape index (κ2) is 6.47. The molecule has 1 aromatic rings. The van der Waals surface area contributed by atoms with Crippen molar-refractivity contribution in [3.05, 3.63) is 35.4 Å². The molecular formula is C15H19F3N2O. The minimum Gasteiger partial charge on any atom is -0.348 e. The molecule has 0 aliphatic heterocycles. The highest BCUT2D eigenvalue weighted by Crippen LogP contribution is 2.29. The van der Waals surface area contributed by atoms with E-state index < -0.39 is 17.6 Å². The molecule has 2 atom stereocenters. The van der Waals surface area contributed by atoms with Crippen LogP contribution in [0.4, 0.5) is 13.2 Å². The molecule has 1 aliphatic carbocycles. The van der Waals surface area contributed by atoms with Gasteiger partial charge in [0.15, 0.2) is 0 Å². The van der Waals surface area contributed by atoms with E-state index in [0.29, 0.717) is 0 Å². The molecular weight excluding hydrogens is 281 g/mol. The summed E-state index contributed by atoms with van der Waals surface area (Å²) in [4.78, 5) is 12.1. The Balaban J connectivity index is 2.09. The van der Waals surface area contributed by atoms with E-state index in [1.165, 1.54) is 12.1 Å². The standard InChI is InChI=1S/C15H19F3N2O/c16-15(17,18)11-6-4-5-10(9-11)14(21)20-13-8-3-1-2-7-12(13)19/h4-6,9,12-13H,1-3,7-8,19H2,(H,20,21). The average molecular weight is 300 g/mol. The van der Waals surface area contributed by atoms with Gasteiger partial charge in [0, 0.05) is 17.6 Å². The van der Waals surface area contributed by atoms with Gasteiger partial charge in [0.05, 0.1) is 5.56 Å². The van der Waals surface area contributed by atoms with Gasteiger partial charge in [-0.15, -0.1) is 0 Å². The van der Waals surface area contributed by atoms with Crippen molar-refractivity contribution < 1.29 is 18.0 Å². The van der Waals surface area contributed by atoms with Gasteiger partial charge in [-0.25, -0.2) is 0 Å². The van der Waals surface area contributed by atoms with Crippen LogP contribution in [0.5, 0.6) is 0 Å². The van der Waals surface area contributed by atoms with Crippen LogP contribution in [0.2, 0.25) is 0 Å². The van der Waals surface area contributed by atoms with Crippen LogP contribution in [0, 0.1) is 0 Å². The van der Waals surface area contributed by atoms with Crippen LogP contribution in [-0.2, 0) is 6.18 Å². The van der Waals surface area contributed by atoms with Gasteiger partial charge in [-0.1, -0.05) is 25.3 Å². The van der Waals surface area contributed by atoms with Gasteiger partial charge in [-0.2, -0.15) is 13.2 Å². The highest BCUT2D eigenvalue weighted by molar-refractivity contribution is 5.94. The second-order valence-electron chi connectivity index (χ2n) is 5.46. The van der Waals surface area contributed by atoms with Crippen LogP contribution in [-0.4, -0.2) is 18.0 Å². The summed E-state index contributed by atoms with van der Waals surface area (Å²) in [6.45, 7) is 0. The maximum absolute atomic E-state index is 12.7. The predicted molar refractivity (Wildman–Crippen MR) is 73.8 cm³/mol. The summed E-state index contributed by atoms with van der Waals surface area (Å²) in [5.41, 5.74) is 5.21. The van der Waals surface area contributed by atoms with Crippen LogP contribution in [0.1, 0.15) is 48.0 Å². The van der Waals surface area contributed by atoms with Crippen molar-refractivity contribution in [3.8, 4) is 0 Å². The number of nitrogens with one attached hydrogen (secondary N) is 1. The molecule has 0 bridgehead atoms. The number of rotatable bonds is 2. The highest BCUT2D eigenvalue weighted by atomic mass is 19.4. The molecule has 0 radical (unpaired) electrons. The zero-order valence-electron chi connectivity index (χ0n) is 11.6. The van der Waals surface area contributed by atoms with Crippen LogP contribution in [0.15, 0.2) is 24.3 Å². The number of hydrogen-bond donors (Lipinski definition) is 2. The molecule has 3 nitrogen and oxygen atoms in total. The molecule has 0 saturated heterocycles. The zero-order chi connectivity index (χ0) is 15.5. The number of halogens is 3. The minimum absolute atomic E-state index is 0.0151. The molecule has 116 valence electrons. The Kier molecular flexibility index (Phi) is 4.88. The first-order valence-electron chi connectivity index (χ1n) is 7.11. The molecule has 3 N–H and O–H groups in total. The lowest BCUT2D eigenvalue weighted by Crippen LogP contribution is -2.46. The molecule has 2 rings (SSSR count). The first kappa shape index (κ1) is 15.8. The Morgan fingerprint density at radius 2 is 1.90 bits per heavy atom. The van der Waals surface area contributed by atoms with Gasteiger partial charge in [-0.05, 0) is 31.0 Å². The Morgan fingerprint density at radius 3 is 2.62 bits per heavy atom. The van der Waals surface area contributed by atoms with Crippen LogP contribution in [0.3, 0.4) is 0 Å². The molecule has 1 aliphatic rings. The lowest BCUT2D eigenvalue weighted by molar-refractivity contribution is -0.137. The third kappa shape index (κ3) is 4.20. The maximum Gasteiger partial charge on any atom is 0.416 e. The Hall–Kier alpha value is -1.56. The number of benzene rings is 1. The smallest absolute Gasteiger partial charge is 0.348 e. The lowest BCUT2D eigenvalue weighted by atomic mass is 10.0. The van der Waals surface area contributed by atoms with Gasteiger partial charge in [0.2, 0.25) is 0 Å². The Bertz CT molecular complexity index is 502. The van der Waals surface area contributed by atoms with Crippen molar-refractivity contribution in [2.24, 2.45) is 5.73 Å². The fourth-order valence-electron chi connectivity index (χ4n) is 2.60. The number of alkyl halides is 3. The predicted octanol–water partition coefficient (Wildman–Crippen LogP) is 3.10. The molecule has 6 heteroatoms. The first-order valence-corrected chi connectivity index (χ1v) is 7.11. The van der Waals surface area contributed by atoms with Crippen molar-refractivity contribution in [1.82, 2.24) is 5.32 Å². The molecule has 21 heavy (non-hydrogen) atoms. The summed E-state index contributed by atoms with van der Waals surface area (Å²) in [7, 11) is 0. The van der Waals surface area contributed by atoms with Gasteiger partial charge >= 0.3 is 6.18 Å². The van der Waals surface area contributed by atoms with Crippen LogP contribution >= 0.6 is 0 Å². The van der Waals surface area contributed by atoms with E-state index in [4.69, 9.17) is 5.73 Å². The molecule has 1 saturated carbocycles. The number of carbonyl (C=O) groups excluding carboxylic acids is 1. The third-order valence-electron chi connectivity index (χ3n) is 3.84. The summed E-state index contributed by atoms with van der Waals surface area (Å²) in [5.74, 6) is -0.497. The summed E-state index contributed by atoms with van der Waals surface area (Å²) >= 11 is 0. The molecule has 0 aromatic heterocycles. The van der Waals surface area contributed by atoms with E-state index in [1.807, 2.05) is 0 Å². The third-order valence-corrected chi connectivity index (χ3v) is 3.84. The van der Waals surface area contributed by atoms with E-state index in [2.05, 4.69) is 5.32 Å². The molecule has 1 fully saturated rings. The van der Waals surface area contributed by atoms with E-state index in [1.54, 1.807) is 0 Å². The largest absolute Gasteiger partial charge is 0.416 e. The van der Waals surface area contributed by atoms with Crippen molar-refractivity contribution in [2.45, 2.75) is 50.4 Å². The van der Waals surface area contributed by atoms with Crippen molar-refractivity contribution >= 4 is 5.91 Å². The lowest BCUT2D eigenvalue weighted by Gasteiger charge is -2.22. The number of amides is 1. The summed E-state index contributed by atoms with van der Waals surface area (Å²) < 4.78 is 38.0. The van der Waals surface area contributed by atoms with E-state index in [9.17, 15) is 18.0 Å². The number of carbonyl (C=O) groups is 1. The number of nitrogens with two attached hydrogens (primary N) is 1. The maximum atomic E-state index is 12.7. The molecule has 1 amide bonds. The van der Waals surface area contributed by atoms with E-state index in [0.717, 1.165) is 44.2 Å². The van der Waals surface area contributed by atoms with Gasteiger partial charge in [0.25, 0.3) is 5.91 Å². The fourth-order valence-corrected chi connectivity index (χ4v) is 2.60. The molecule has 1 aromatic carbocycles. The van der Waals surface area contributed by atoms with Crippen LogP contribution in [0.25, 0.3) is 0 Å².